The van der Waals surface area contributed by atoms with Crippen LogP contribution in [0.15, 0.2) is 30.3 Å². The molecule has 1 aromatic rings. The minimum atomic E-state index is 0.263. The van der Waals surface area contributed by atoms with Crippen LogP contribution in [-0.4, -0.2) is 23.8 Å². The van der Waals surface area contributed by atoms with E-state index < -0.39 is 0 Å². The first-order valence-electron chi connectivity index (χ1n) is 8.51. The van der Waals surface area contributed by atoms with E-state index in [4.69, 9.17) is 0 Å². The summed E-state index contributed by atoms with van der Waals surface area (Å²) in [7, 11) is 0. The molecule has 0 spiro atoms. The summed E-state index contributed by atoms with van der Waals surface area (Å²) in [5, 5.41) is 0. The third kappa shape index (κ3) is 4.96. The van der Waals surface area contributed by atoms with E-state index in [1.54, 1.807) is 0 Å². The van der Waals surface area contributed by atoms with Crippen molar-refractivity contribution >= 4 is 5.78 Å². The molecule has 2 heteroatoms. The number of ketones is 1. The molecule has 1 fully saturated rings. The number of carbonyl (C=O) groups excluding carboxylic acids is 1. The van der Waals surface area contributed by atoms with Gasteiger partial charge in [-0.3, -0.25) is 9.69 Å². The lowest BCUT2D eigenvalue weighted by molar-refractivity contribution is -0.126. The Bertz CT molecular complexity index is 428. The van der Waals surface area contributed by atoms with Crippen molar-refractivity contribution in [3.63, 3.8) is 0 Å². The molecule has 2 atom stereocenters. The maximum absolute atomic E-state index is 12.2. The van der Waals surface area contributed by atoms with Gasteiger partial charge in [-0.15, -0.1) is 0 Å². The highest BCUT2D eigenvalue weighted by Crippen LogP contribution is 2.30. The summed E-state index contributed by atoms with van der Waals surface area (Å²) in [6.07, 6.45) is 5.56. The Morgan fingerprint density at radius 3 is 2.62 bits per heavy atom. The lowest BCUT2D eigenvalue weighted by Gasteiger charge is -2.32. The molecule has 0 heterocycles. The number of Topliss-reactive ketones (excluding diaryl/α,β-unsaturated/α-hetero) is 1. The molecule has 2 rings (SSSR count). The minimum absolute atomic E-state index is 0.263. The molecular weight excluding hydrogens is 258 g/mol. The first-order chi connectivity index (χ1) is 10.2. The quantitative estimate of drug-likeness (QED) is 0.745. The van der Waals surface area contributed by atoms with E-state index in [-0.39, 0.29) is 5.92 Å². The second kappa shape index (κ2) is 8.33. The lowest BCUT2D eigenvalue weighted by Crippen LogP contribution is -2.36. The van der Waals surface area contributed by atoms with Gasteiger partial charge in [0, 0.05) is 25.4 Å². The molecule has 0 N–H and O–H groups in total. The van der Waals surface area contributed by atoms with Crippen molar-refractivity contribution in [3.05, 3.63) is 35.9 Å². The fraction of sp³-hybridized carbons (Fsp3) is 0.632. The Hall–Kier alpha value is -1.15. The highest BCUT2D eigenvalue weighted by atomic mass is 16.1. The lowest BCUT2D eigenvalue weighted by atomic mass is 9.78. The highest BCUT2D eigenvalue weighted by Gasteiger charge is 2.29. The van der Waals surface area contributed by atoms with Crippen molar-refractivity contribution in [2.45, 2.75) is 52.5 Å². The number of carbonyl (C=O) groups is 1. The van der Waals surface area contributed by atoms with E-state index in [9.17, 15) is 4.79 Å². The molecule has 0 amide bonds. The average Bonchev–Trinajstić information content (AvgIpc) is 2.51. The first kappa shape index (κ1) is 16.2. The van der Waals surface area contributed by atoms with Crippen molar-refractivity contribution in [1.29, 1.82) is 0 Å². The van der Waals surface area contributed by atoms with Crippen LogP contribution in [0, 0.1) is 11.8 Å². The molecule has 0 aromatic heterocycles. The molecule has 0 saturated heterocycles. The Kier molecular flexibility index (Phi) is 6.44. The van der Waals surface area contributed by atoms with Gasteiger partial charge in [0.1, 0.15) is 5.78 Å². The first-order valence-corrected chi connectivity index (χ1v) is 8.51. The number of nitrogens with zero attached hydrogens (tertiary/aromatic N) is 1. The zero-order valence-electron chi connectivity index (χ0n) is 13.6. The molecule has 2 unspecified atom stereocenters. The van der Waals surface area contributed by atoms with Crippen molar-refractivity contribution in [1.82, 2.24) is 4.90 Å². The monoisotopic (exact) mass is 287 g/mol. The van der Waals surface area contributed by atoms with Gasteiger partial charge in [0.2, 0.25) is 0 Å². The van der Waals surface area contributed by atoms with Gasteiger partial charge in [-0.1, -0.05) is 57.0 Å². The SMILES string of the molecule is CCCC1CCC(=O)C(CN(CC)Cc2ccccc2)C1. The minimum Gasteiger partial charge on any atom is -0.299 e. The molecular formula is C19H29NO. The van der Waals surface area contributed by atoms with Gasteiger partial charge in [0.05, 0.1) is 0 Å². The van der Waals surface area contributed by atoms with Crippen LogP contribution in [-0.2, 0) is 11.3 Å². The molecule has 1 aromatic carbocycles. The number of benzene rings is 1. The Labute approximate surface area is 129 Å². The summed E-state index contributed by atoms with van der Waals surface area (Å²) in [6.45, 7) is 7.35. The zero-order chi connectivity index (χ0) is 15.1. The Morgan fingerprint density at radius 2 is 1.95 bits per heavy atom. The van der Waals surface area contributed by atoms with E-state index in [1.165, 1.54) is 18.4 Å². The average molecular weight is 287 g/mol. The smallest absolute Gasteiger partial charge is 0.137 e. The van der Waals surface area contributed by atoms with E-state index in [1.807, 2.05) is 0 Å². The van der Waals surface area contributed by atoms with Gasteiger partial charge < -0.3 is 0 Å². The molecule has 2 nitrogen and oxygen atoms in total. The fourth-order valence-electron chi connectivity index (χ4n) is 3.51. The van der Waals surface area contributed by atoms with Gasteiger partial charge in [-0.2, -0.15) is 0 Å². The van der Waals surface area contributed by atoms with Gasteiger partial charge in [0.25, 0.3) is 0 Å². The molecule has 1 aliphatic rings. The van der Waals surface area contributed by atoms with Gasteiger partial charge in [-0.05, 0) is 30.9 Å². The van der Waals surface area contributed by atoms with Crippen molar-refractivity contribution in [3.8, 4) is 0 Å². The topological polar surface area (TPSA) is 20.3 Å². The maximum Gasteiger partial charge on any atom is 0.137 e. The summed E-state index contributed by atoms with van der Waals surface area (Å²) in [4.78, 5) is 14.6. The summed E-state index contributed by atoms with van der Waals surface area (Å²) in [5.74, 6) is 1.53. The summed E-state index contributed by atoms with van der Waals surface area (Å²) < 4.78 is 0. The van der Waals surface area contributed by atoms with Crippen molar-refractivity contribution in [2.75, 3.05) is 13.1 Å². The van der Waals surface area contributed by atoms with Crippen LogP contribution < -0.4 is 0 Å². The van der Waals surface area contributed by atoms with E-state index in [0.29, 0.717) is 5.78 Å². The largest absolute Gasteiger partial charge is 0.299 e. The second-order valence-electron chi connectivity index (χ2n) is 6.41. The fourth-order valence-corrected chi connectivity index (χ4v) is 3.51. The number of rotatable bonds is 7. The van der Waals surface area contributed by atoms with Crippen molar-refractivity contribution < 1.29 is 4.79 Å². The predicted octanol–water partition coefficient (Wildman–Crippen LogP) is 4.29. The summed E-state index contributed by atoms with van der Waals surface area (Å²) in [5.41, 5.74) is 1.34. The van der Waals surface area contributed by atoms with Gasteiger partial charge >= 0.3 is 0 Å². The molecule has 21 heavy (non-hydrogen) atoms. The van der Waals surface area contributed by atoms with Crippen LogP contribution in [0.25, 0.3) is 0 Å². The Balaban J connectivity index is 1.91. The van der Waals surface area contributed by atoms with Crippen LogP contribution in [0.1, 0.15) is 51.5 Å². The van der Waals surface area contributed by atoms with Crippen LogP contribution in [0.3, 0.4) is 0 Å². The van der Waals surface area contributed by atoms with Gasteiger partial charge in [0.15, 0.2) is 0 Å². The molecule has 1 aliphatic carbocycles. The van der Waals surface area contributed by atoms with Crippen LogP contribution in [0.2, 0.25) is 0 Å². The highest BCUT2D eigenvalue weighted by molar-refractivity contribution is 5.81. The number of hydrogen-bond donors (Lipinski definition) is 0. The molecule has 1 saturated carbocycles. The van der Waals surface area contributed by atoms with E-state index in [2.05, 4.69) is 49.1 Å². The van der Waals surface area contributed by atoms with Crippen LogP contribution in [0.5, 0.6) is 0 Å². The standard InChI is InChI=1S/C19H29NO/c1-3-8-16-11-12-19(21)18(13-16)15-20(4-2)14-17-9-6-5-7-10-17/h5-7,9-10,16,18H,3-4,8,11-15H2,1-2H3. The molecule has 0 bridgehead atoms. The molecule has 0 aliphatic heterocycles. The van der Waals surface area contributed by atoms with E-state index >= 15 is 0 Å². The Morgan fingerprint density at radius 1 is 1.19 bits per heavy atom. The third-order valence-electron chi connectivity index (χ3n) is 4.74. The zero-order valence-corrected chi connectivity index (χ0v) is 13.6. The van der Waals surface area contributed by atoms with Crippen LogP contribution >= 0.6 is 0 Å². The summed E-state index contributed by atoms with van der Waals surface area (Å²) in [6, 6.07) is 10.6. The third-order valence-corrected chi connectivity index (χ3v) is 4.74. The summed E-state index contributed by atoms with van der Waals surface area (Å²) >= 11 is 0. The number of hydrogen-bond acceptors (Lipinski definition) is 2. The second-order valence-corrected chi connectivity index (χ2v) is 6.41. The molecule has 0 radical (unpaired) electrons. The maximum atomic E-state index is 12.2. The normalized spacial score (nSPS) is 22.7. The van der Waals surface area contributed by atoms with E-state index in [0.717, 1.165) is 44.8 Å². The van der Waals surface area contributed by atoms with Gasteiger partial charge in [-0.25, -0.2) is 0 Å². The van der Waals surface area contributed by atoms with Crippen molar-refractivity contribution in [2.24, 2.45) is 11.8 Å². The predicted molar refractivity (Wildman–Crippen MR) is 88.1 cm³/mol. The molecule has 116 valence electrons. The van der Waals surface area contributed by atoms with Crippen LogP contribution in [0.4, 0.5) is 0 Å².